The molecule has 2 N–H and O–H groups in total. The molecule has 4 nitrogen and oxygen atoms in total. The molecular formula is C18H20ClF3N2O2. The van der Waals surface area contributed by atoms with Crippen LogP contribution in [0, 0.1) is 0 Å². The van der Waals surface area contributed by atoms with Crippen molar-refractivity contribution in [1.29, 1.82) is 0 Å². The summed E-state index contributed by atoms with van der Waals surface area (Å²) in [5.41, 5.74) is -0.405. The molecule has 2 aromatic carbocycles. The maximum absolute atomic E-state index is 12.7. The van der Waals surface area contributed by atoms with Gasteiger partial charge in [0.15, 0.2) is 0 Å². The standard InChI is InChI=1S/C18H19F3N2O2.ClH/c1-22-9-4-10-23-17(24)13-5-2-7-15(11-13)25-16-8-3-6-14(12-16)18(19,20)21;/h2-3,5-8,11-12,22H,4,9-10H2,1H3,(H,23,24);1H. The number of alkyl halides is 3. The van der Waals surface area contributed by atoms with E-state index in [1.54, 1.807) is 18.2 Å². The van der Waals surface area contributed by atoms with Crippen LogP contribution in [0.25, 0.3) is 0 Å². The normalized spacial score (nSPS) is 10.8. The first-order valence-corrected chi connectivity index (χ1v) is 7.78. The molecule has 0 atom stereocenters. The molecule has 0 fully saturated rings. The van der Waals surface area contributed by atoms with Crippen LogP contribution in [0.4, 0.5) is 13.2 Å². The van der Waals surface area contributed by atoms with E-state index >= 15 is 0 Å². The fourth-order valence-corrected chi connectivity index (χ4v) is 2.14. The molecule has 0 saturated carbocycles. The molecule has 0 aliphatic carbocycles. The van der Waals surface area contributed by atoms with Crippen molar-refractivity contribution >= 4 is 18.3 Å². The van der Waals surface area contributed by atoms with E-state index in [2.05, 4.69) is 10.6 Å². The Labute approximate surface area is 156 Å². The highest BCUT2D eigenvalue weighted by Crippen LogP contribution is 2.32. The van der Waals surface area contributed by atoms with Crippen LogP contribution < -0.4 is 15.4 Å². The highest BCUT2D eigenvalue weighted by Gasteiger charge is 2.30. The van der Waals surface area contributed by atoms with Gasteiger partial charge in [-0.3, -0.25) is 4.79 Å². The van der Waals surface area contributed by atoms with Gasteiger partial charge in [-0.1, -0.05) is 12.1 Å². The highest BCUT2D eigenvalue weighted by atomic mass is 35.5. The van der Waals surface area contributed by atoms with Gasteiger partial charge in [0.05, 0.1) is 5.56 Å². The lowest BCUT2D eigenvalue weighted by Crippen LogP contribution is -2.26. The molecule has 142 valence electrons. The molecule has 2 rings (SSSR count). The quantitative estimate of drug-likeness (QED) is 0.697. The van der Waals surface area contributed by atoms with Crippen LogP contribution in [0.2, 0.25) is 0 Å². The van der Waals surface area contributed by atoms with E-state index in [1.165, 1.54) is 18.2 Å². The zero-order valence-electron chi connectivity index (χ0n) is 14.1. The summed E-state index contributed by atoms with van der Waals surface area (Å²) >= 11 is 0. The third-order valence-corrected chi connectivity index (χ3v) is 3.38. The largest absolute Gasteiger partial charge is 0.457 e. The third kappa shape index (κ3) is 6.57. The monoisotopic (exact) mass is 388 g/mol. The molecule has 0 spiro atoms. The average Bonchev–Trinajstić information content (AvgIpc) is 2.58. The Bertz CT molecular complexity index is 724. The zero-order valence-corrected chi connectivity index (χ0v) is 14.9. The van der Waals surface area contributed by atoms with Crippen molar-refractivity contribution in [3.63, 3.8) is 0 Å². The Balaban J connectivity index is 0.00000338. The minimum absolute atomic E-state index is 0. The van der Waals surface area contributed by atoms with Gasteiger partial charge in [-0.2, -0.15) is 13.2 Å². The minimum atomic E-state index is -4.44. The van der Waals surface area contributed by atoms with Gasteiger partial charge in [0.2, 0.25) is 0 Å². The van der Waals surface area contributed by atoms with Crippen LogP contribution >= 0.6 is 12.4 Å². The van der Waals surface area contributed by atoms with Gasteiger partial charge in [0.25, 0.3) is 5.91 Å². The number of hydrogen-bond donors (Lipinski definition) is 2. The summed E-state index contributed by atoms with van der Waals surface area (Å²) in [4.78, 5) is 12.1. The lowest BCUT2D eigenvalue weighted by Gasteiger charge is -2.11. The highest BCUT2D eigenvalue weighted by molar-refractivity contribution is 5.94. The van der Waals surface area contributed by atoms with Crippen molar-refractivity contribution < 1.29 is 22.7 Å². The summed E-state index contributed by atoms with van der Waals surface area (Å²) in [7, 11) is 1.83. The maximum Gasteiger partial charge on any atom is 0.416 e. The number of hydrogen-bond acceptors (Lipinski definition) is 3. The van der Waals surface area contributed by atoms with Crippen molar-refractivity contribution in [2.24, 2.45) is 0 Å². The maximum atomic E-state index is 12.7. The Morgan fingerprint density at radius 2 is 1.69 bits per heavy atom. The van der Waals surface area contributed by atoms with Gasteiger partial charge in [-0.05, 0) is 56.4 Å². The fourth-order valence-electron chi connectivity index (χ4n) is 2.14. The molecular weight excluding hydrogens is 369 g/mol. The number of carbonyl (C=O) groups is 1. The summed E-state index contributed by atoms with van der Waals surface area (Å²) in [5.74, 6) is 0.0918. The van der Waals surface area contributed by atoms with Crippen molar-refractivity contribution in [1.82, 2.24) is 10.6 Å². The van der Waals surface area contributed by atoms with Gasteiger partial charge in [-0.25, -0.2) is 0 Å². The Morgan fingerprint density at radius 3 is 2.35 bits per heavy atom. The SMILES string of the molecule is CNCCCNC(=O)c1cccc(Oc2cccc(C(F)(F)F)c2)c1.Cl. The first-order chi connectivity index (χ1) is 11.9. The smallest absolute Gasteiger partial charge is 0.416 e. The van der Waals surface area contributed by atoms with E-state index in [4.69, 9.17) is 4.74 Å². The summed E-state index contributed by atoms with van der Waals surface area (Å²) in [5, 5.41) is 5.75. The third-order valence-electron chi connectivity index (χ3n) is 3.38. The van der Waals surface area contributed by atoms with Gasteiger partial charge in [0, 0.05) is 12.1 Å². The first kappa shape index (κ1) is 21.8. The average molecular weight is 389 g/mol. The second-order valence-electron chi connectivity index (χ2n) is 5.37. The molecule has 0 radical (unpaired) electrons. The summed E-state index contributed by atoms with van der Waals surface area (Å²) in [6, 6.07) is 10.9. The van der Waals surface area contributed by atoms with Gasteiger partial charge in [0.1, 0.15) is 11.5 Å². The van der Waals surface area contributed by atoms with Crippen molar-refractivity contribution in [2.45, 2.75) is 12.6 Å². The molecule has 0 aliphatic heterocycles. The van der Waals surface area contributed by atoms with E-state index < -0.39 is 11.7 Å². The molecule has 1 amide bonds. The van der Waals surface area contributed by atoms with E-state index in [-0.39, 0.29) is 24.1 Å². The van der Waals surface area contributed by atoms with Gasteiger partial charge >= 0.3 is 6.18 Å². The number of ether oxygens (including phenoxy) is 1. The predicted octanol–water partition coefficient (Wildman–Crippen LogP) is 4.26. The van der Waals surface area contributed by atoms with Crippen LogP contribution in [0.5, 0.6) is 11.5 Å². The number of carbonyl (C=O) groups excluding carboxylic acids is 1. The molecule has 2 aromatic rings. The van der Waals surface area contributed by atoms with Crippen LogP contribution in [-0.4, -0.2) is 26.0 Å². The first-order valence-electron chi connectivity index (χ1n) is 7.78. The Kier molecular flexibility index (Phi) is 8.41. The molecule has 0 bridgehead atoms. The lowest BCUT2D eigenvalue weighted by molar-refractivity contribution is -0.137. The summed E-state index contributed by atoms with van der Waals surface area (Å²) < 4.78 is 43.7. The predicted molar refractivity (Wildman–Crippen MR) is 96.1 cm³/mol. The van der Waals surface area contributed by atoms with Gasteiger partial charge in [-0.15, -0.1) is 12.4 Å². The molecule has 0 unspecified atom stereocenters. The molecule has 0 aromatic heterocycles. The zero-order chi connectivity index (χ0) is 18.3. The second-order valence-corrected chi connectivity index (χ2v) is 5.37. The van der Waals surface area contributed by atoms with E-state index in [9.17, 15) is 18.0 Å². The second kappa shape index (κ2) is 10.0. The van der Waals surface area contributed by atoms with Crippen LogP contribution in [0.15, 0.2) is 48.5 Å². The van der Waals surface area contributed by atoms with Crippen LogP contribution in [0.1, 0.15) is 22.3 Å². The molecule has 0 heterocycles. The molecule has 0 aliphatic rings. The number of halogens is 4. The summed E-state index contributed by atoms with van der Waals surface area (Å²) in [6.07, 6.45) is -3.64. The van der Waals surface area contributed by atoms with Crippen LogP contribution in [-0.2, 0) is 6.18 Å². The van der Waals surface area contributed by atoms with Crippen molar-refractivity contribution in [2.75, 3.05) is 20.1 Å². The number of benzene rings is 2. The summed E-state index contributed by atoms with van der Waals surface area (Å²) in [6.45, 7) is 1.32. The van der Waals surface area contributed by atoms with Crippen molar-refractivity contribution in [3.05, 3.63) is 59.7 Å². The van der Waals surface area contributed by atoms with E-state index in [0.29, 0.717) is 17.9 Å². The van der Waals surface area contributed by atoms with E-state index in [1.807, 2.05) is 7.05 Å². The van der Waals surface area contributed by atoms with E-state index in [0.717, 1.165) is 25.1 Å². The van der Waals surface area contributed by atoms with Crippen molar-refractivity contribution in [3.8, 4) is 11.5 Å². The number of nitrogens with one attached hydrogen (secondary N) is 2. The molecule has 8 heteroatoms. The lowest BCUT2D eigenvalue weighted by atomic mass is 10.2. The molecule has 26 heavy (non-hydrogen) atoms. The fraction of sp³-hybridized carbons (Fsp3) is 0.278. The Morgan fingerprint density at radius 1 is 1.04 bits per heavy atom. The topological polar surface area (TPSA) is 50.4 Å². The molecule has 0 saturated heterocycles. The van der Waals surface area contributed by atoms with Gasteiger partial charge < -0.3 is 15.4 Å². The Hall–Kier alpha value is -2.25. The number of amides is 1. The number of rotatable bonds is 7. The van der Waals surface area contributed by atoms with Crippen LogP contribution in [0.3, 0.4) is 0 Å². The minimum Gasteiger partial charge on any atom is -0.457 e.